The lowest BCUT2D eigenvalue weighted by Crippen LogP contribution is -2.60. The molecule has 0 saturated carbocycles. The number of aliphatic carboxylic acids is 6. The molecule has 0 aromatic carbocycles. The molecule has 708 valence electrons. The lowest BCUT2D eigenvalue weighted by atomic mass is 9.97. The molecule has 0 radical (unpaired) electrons. The van der Waals surface area contributed by atoms with Gasteiger partial charge in [0.05, 0.1) is 198 Å². The SMILES string of the molecule is CC[C@H](C)[C@H](NC(=O)CCOCCOCCOCCOCCOCCOCCOCCOCCOCCOCCOCCOCCOCCC(=O)N[C@H](C(=O)N[C@@H](CCC(=O)O)C(=O)N[C@@H](CO)C(=O)N[C@@H](CC(=O)O)C(=O)N[C@H](C(=O)O)C(C)C)[C@@H](C)CC)C(=O)N[C@@H](CCC(=O)O)C(=O)N[C@@H](CO)C(=O)N[C@@H](CC(=O)O)C(=O)N[C@H](C(=O)O)C(C)C. The highest BCUT2D eigenvalue weighted by molar-refractivity contribution is 5.99. The molecule has 0 aliphatic carbocycles. The molecule has 0 saturated heterocycles. The summed E-state index contributed by atoms with van der Waals surface area (Å²) in [7, 11) is 0. The van der Waals surface area contributed by atoms with Crippen LogP contribution in [0.2, 0.25) is 0 Å². The molecule has 0 aliphatic heterocycles. The van der Waals surface area contributed by atoms with Crippen LogP contribution in [-0.2, 0) is 138 Å². The van der Waals surface area contributed by atoms with Gasteiger partial charge in [-0.2, -0.15) is 0 Å². The molecule has 47 nitrogen and oxygen atoms in total. The molecule has 47 heteroatoms. The van der Waals surface area contributed by atoms with Gasteiger partial charge in [0, 0.05) is 25.7 Å². The Morgan fingerprint density at radius 3 is 0.634 bits per heavy atom. The summed E-state index contributed by atoms with van der Waals surface area (Å²) in [6.45, 7) is 17.7. The summed E-state index contributed by atoms with van der Waals surface area (Å²) in [5.74, 6) is -21.1. The van der Waals surface area contributed by atoms with Crippen LogP contribution in [0.25, 0.3) is 0 Å². The summed E-state index contributed by atoms with van der Waals surface area (Å²) >= 11 is 0. The van der Waals surface area contributed by atoms with Gasteiger partial charge in [0.15, 0.2) is 0 Å². The number of nitrogens with one attached hydrogen (secondary N) is 10. The normalized spacial score (nSPS) is 14.3. The van der Waals surface area contributed by atoms with Crippen molar-refractivity contribution in [2.24, 2.45) is 23.7 Å². The number of aliphatic hydroxyl groups is 2. The van der Waals surface area contributed by atoms with Crippen LogP contribution >= 0.6 is 0 Å². The van der Waals surface area contributed by atoms with Gasteiger partial charge >= 0.3 is 35.8 Å². The number of carbonyl (C=O) groups is 16. The van der Waals surface area contributed by atoms with E-state index in [0.717, 1.165) is 0 Å². The van der Waals surface area contributed by atoms with Gasteiger partial charge in [-0.25, -0.2) is 9.59 Å². The summed E-state index contributed by atoms with van der Waals surface area (Å²) in [6, 6.07) is -16.1. The minimum Gasteiger partial charge on any atom is -0.481 e. The second kappa shape index (κ2) is 70.2. The van der Waals surface area contributed by atoms with E-state index < -0.39 is 231 Å². The van der Waals surface area contributed by atoms with Gasteiger partial charge in [-0.15, -0.1) is 0 Å². The van der Waals surface area contributed by atoms with Gasteiger partial charge in [0.1, 0.15) is 60.4 Å². The van der Waals surface area contributed by atoms with Crippen molar-refractivity contribution in [2.75, 3.05) is 185 Å². The van der Waals surface area contributed by atoms with Crippen LogP contribution in [0, 0.1) is 23.7 Å². The first-order chi connectivity index (χ1) is 58.5. The highest BCUT2D eigenvalue weighted by atomic mass is 16.6. The molecule has 123 heavy (non-hydrogen) atoms. The Morgan fingerprint density at radius 1 is 0.236 bits per heavy atom. The van der Waals surface area contributed by atoms with E-state index in [9.17, 15) is 118 Å². The number of aliphatic hydroxyl groups excluding tert-OH is 2. The van der Waals surface area contributed by atoms with Gasteiger partial charge in [-0.05, 0) is 36.5 Å². The zero-order valence-corrected chi connectivity index (χ0v) is 71.4. The number of carboxylic acid groups (broad SMARTS) is 6. The van der Waals surface area contributed by atoms with Crippen LogP contribution in [0.3, 0.4) is 0 Å². The fraction of sp³-hybridized carbons (Fsp3) is 0.789. The summed E-state index contributed by atoms with van der Waals surface area (Å²) in [6.07, 6.45) is -3.96. The molecule has 0 aliphatic rings. The van der Waals surface area contributed by atoms with E-state index >= 15 is 0 Å². The summed E-state index contributed by atoms with van der Waals surface area (Å²) in [5.41, 5.74) is 0. The minimum absolute atomic E-state index is 0.0508. The Kier molecular flexibility index (Phi) is 65.0. The van der Waals surface area contributed by atoms with Crippen molar-refractivity contribution < 1.29 is 179 Å². The van der Waals surface area contributed by atoms with Crippen molar-refractivity contribution in [2.45, 2.75) is 180 Å². The van der Waals surface area contributed by atoms with Crippen molar-refractivity contribution in [1.29, 1.82) is 0 Å². The second-order valence-electron chi connectivity index (χ2n) is 28.3. The molecule has 0 aromatic rings. The van der Waals surface area contributed by atoms with Gasteiger partial charge in [-0.1, -0.05) is 68.2 Å². The second-order valence-corrected chi connectivity index (χ2v) is 28.3. The van der Waals surface area contributed by atoms with Crippen LogP contribution < -0.4 is 53.2 Å². The van der Waals surface area contributed by atoms with E-state index in [1.807, 2.05) is 0 Å². The third-order valence-electron chi connectivity index (χ3n) is 17.7. The number of carbonyl (C=O) groups excluding carboxylic acids is 10. The molecular weight excluding hydrogens is 1640 g/mol. The monoisotopic (exact) mass is 1780 g/mol. The van der Waals surface area contributed by atoms with Gasteiger partial charge in [-0.3, -0.25) is 67.1 Å². The zero-order valence-electron chi connectivity index (χ0n) is 71.4. The van der Waals surface area contributed by atoms with Gasteiger partial charge in [0.2, 0.25) is 59.1 Å². The molecule has 0 fully saturated rings. The predicted molar refractivity (Wildman–Crippen MR) is 425 cm³/mol. The first-order valence-electron chi connectivity index (χ1n) is 40.6. The largest absolute Gasteiger partial charge is 0.481 e. The Bertz CT molecular complexity index is 2930. The van der Waals surface area contributed by atoms with E-state index in [-0.39, 0.29) is 78.9 Å². The maximum Gasteiger partial charge on any atom is 0.326 e. The Balaban J connectivity index is 4.22. The van der Waals surface area contributed by atoms with Crippen LogP contribution in [0.5, 0.6) is 0 Å². The lowest BCUT2D eigenvalue weighted by Gasteiger charge is -2.27. The molecule has 12 atom stereocenters. The molecular formula is C76H132N10O37. The van der Waals surface area contributed by atoms with Crippen molar-refractivity contribution in [3.63, 3.8) is 0 Å². The number of hydrogen-bond acceptors (Lipinski definition) is 31. The summed E-state index contributed by atoms with van der Waals surface area (Å²) in [5, 5.41) is 99.2. The average molecular weight is 1780 g/mol. The third kappa shape index (κ3) is 56.4. The van der Waals surface area contributed by atoms with Crippen molar-refractivity contribution in [3.8, 4) is 0 Å². The molecule has 10 amide bonds. The Hall–Kier alpha value is -9.08. The van der Waals surface area contributed by atoms with Crippen molar-refractivity contribution >= 4 is 94.9 Å². The number of amides is 10. The van der Waals surface area contributed by atoms with E-state index in [1.165, 1.54) is 27.7 Å². The maximum absolute atomic E-state index is 13.6. The van der Waals surface area contributed by atoms with Gasteiger partial charge < -0.3 is 156 Å². The zero-order chi connectivity index (χ0) is 92.5. The van der Waals surface area contributed by atoms with Gasteiger partial charge in [0.25, 0.3) is 0 Å². The van der Waals surface area contributed by atoms with E-state index in [2.05, 4.69) is 53.2 Å². The molecule has 18 N–H and O–H groups in total. The van der Waals surface area contributed by atoms with Crippen molar-refractivity contribution in [3.05, 3.63) is 0 Å². The molecule has 0 aromatic heterocycles. The first-order valence-corrected chi connectivity index (χ1v) is 40.6. The molecule has 0 spiro atoms. The molecule has 0 bridgehead atoms. The average Bonchev–Trinajstić information content (AvgIpc) is 0.873. The Labute approximate surface area is 713 Å². The predicted octanol–water partition coefficient (Wildman–Crippen LogP) is -4.93. The first kappa shape index (κ1) is 114. The highest BCUT2D eigenvalue weighted by Gasteiger charge is 2.38. The standard InChI is InChI=1S/C76H132N10O37/c1-9-49(7)65(73(105)77-51(11-13-59(91)92)67(99)81-55(45-87)71(103)79-53(43-61(95)96)69(101)85-63(47(3)4)75(107)108)83-57(89)15-17-111-19-21-113-23-25-115-27-29-117-31-33-119-35-37-121-39-41-123-42-40-122-38-36-120-34-32-118-30-28-116-26-24-114-22-20-112-18-16-58(90)84-66(50(8)10-2)74(106)78-52(12-14-60(93)94)68(100)82-56(46-88)72(104)80-54(44-62(97)98)70(102)86-64(48(5)6)76(109)110/h47-56,63-66,87-88H,9-46H2,1-8H3,(H,77,105)(H,78,106)(H,79,103)(H,80,104)(H,81,99)(H,82,100)(H,83,89)(H,84,90)(H,85,101)(H,86,102)(H,91,92)(H,93,94)(H,95,96)(H,97,98)(H,107,108)(H,109,110)/t49-,50-,51-,52-,53-,54-,55-,56-,63-,64-,65-,66-/m0/s1. The third-order valence-corrected chi connectivity index (χ3v) is 17.7. The quantitative estimate of drug-likeness (QED) is 0.0254. The highest BCUT2D eigenvalue weighted by Crippen LogP contribution is 2.14. The van der Waals surface area contributed by atoms with E-state index in [0.29, 0.717) is 119 Å². The lowest BCUT2D eigenvalue weighted by molar-refractivity contribution is -0.145. The minimum atomic E-state index is -1.86. The van der Waals surface area contributed by atoms with Crippen LogP contribution in [0.4, 0.5) is 0 Å². The fourth-order valence-electron chi connectivity index (χ4n) is 10.3. The van der Waals surface area contributed by atoms with Crippen molar-refractivity contribution in [1.82, 2.24) is 53.2 Å². The fourth-order valence-corrected chi connectivity index (χ4v) is 10.3. The smallest absolute Gasteiger partial charge is 0.326 e. The topological polar surface area (TPSA) is 675 Å². The Morgan fingerprint density at radius 2 is 0.439 bits per heavy atom. The number of hydrogen-bond donors (Lipinski definition) is 18. The van der Waals surface area contributed by atoms with E-state index in [1.54, 1.807) is 27.7 Å². The maximum atomic E-state index is 13.6. The molecule has 0 unspecified atom stereocenters. The number of rotatable bonds is 80. The summed E-state index contributed by atoms with van der Waals surface area (Å²) < 4.78 is 71.6. The molecule has 0 rings (SSSR count). The molecule has 0 heterocycles. The van der Waals surface area contributed by atoms with Crippen LogP contribution in [-0.4, -0.2) is 381 Å². The summed E-state index contributed by atoms with van der Waals surface area (Å²) in [4.78, 5) is 202. The number of ether oxygens (including phenoxy) is 13. The van der Waals surface area contributed by atoms with Crippen LogP contribution in [0.1, 0.15) is 120 Å². The van der Waals surface area contributed by atoms with E-state index in [4.69, 9.17) is 61.6 Å². The number of carboxylic acids is 6. The van der Waals surface area contributed by atoms with Crippen LogP contribution in [0.15, 0.2) is 0 Å².